The van der Waals surface area contributed by atoms with E-state index in [0.717, 1.165) is 12.0 Å². The van der Waals surface area contributed by atoms with Crippen molar-refractivity contribution in [1.82, 2.24) is 0 Å². The van der Waals surface area contributed by atoms with E-state index >= 15 is 0 Å². The third kappa shape index (κ3) is 2.35. The van der Waals surface area contributed by atoms with Gasteiger partial charge in [-0.1, -0.05) is 53.7 Å². The molecule has 0 bridgehead atoms. The molecule has 3 rings (SSSR count). The maximum atomic E-state index is 12.7. The molecule has 1 saturated carbocycles. The summed E-state index contributed by atoms with van der Waals surface area (Å²) in [5.74, 6) is 0.581. The van der Waals surface area contributed by atoms with Gasteiger partial charge in [0.1, 0.15) is 0 Å². The van der Waals surface area contributed by atoms with E-state index < -0.39 is 0 Å². The molecule has 2 aliphatic carbocycles. The fourth-order valence-corrected chi connectivity index (χ4v) is 3.86. The van der Waals surface area contributed by atoms with Crippen molar-refractivity contribution in [3.8, 4) is 0 Å². The van der Waals surface area contributed by atoms with E-state index in [-0.39, 0.29) is 22.2 Å². The highest BCUT2D eigenvalue weighted by molar-refractivity contribution is 6.00. The first kappa shape index (κ1) is 14.8. The zero-order valence-corrected chi connectivity index (χ0v) is 14.3. The van der Waals surface area contributed by atoms with Gasteiger partial charge in [0.2, 0.25) is 0 Å². The van der Waals surface area contributed by atoms with Gasteiger partial charge in [-0.15, -0.1) is 0 Å². The van der Waals surface area contributed by atoms with Crippen LogP contribution in [0.25, 0.3) is 0 Å². The van der Waals surface area contributed by atoms with Crippen molar-refractivity contribution in [3.63, 3.8) is 0 Å². The molecule has 21 heavy (non-hydrogen) atoms. The fourth-order valence-electron chi connectivity index (χ4n) is 3.86. The Morgan fingerprint density at radius 1 is 0.952 bits per heavy atom. The normalized spacial score (nSPS) is 27.8. The summed E-state index contributed by atoms with van der Waals surface area (Å²) in [5.41, 5.74) is 4.37. The fraction of sp³-hybridized carbons (Fsp3) is 0.650. The molecular formula is C20H28O. The van der Waals surface area contributed by atoms with Gasteiger partial charge in [0.25, 0.3) is 0 Å². The monoisotopic (exact) mass is 284 g/mol. The quantitative estimate of drug-likeness (QED) is 0.677. The summed E-state index contributed by atoms with van der Waals surface area (Å²) in [6, 6.07) is 6.49. The molecule has 0 amide bonds. The van der Waals surface area contributed by atoms with Crippen LogP contribution < -0.4 is 0 Å². The van der Waals surface area contributed by atoms with Crippen LogP contribution in [0.4, 0.5) is 0 Å². The molecule has 114 valence electrons. The summed E-state index contributed by atoms with van der Waals surface area (Å²) in [6.07, 6.45) is 3.45. The van der Waals surface area contributed by atoms with Crippen LogP contribution in [-0.4, -0.2) is 5.78 Å². The van der Waals surface area contributed by atoms with E-state index in [1.54, 1.807) is 0 Å². The van der Waals surface area contributed by atoms with Gasteiger partial charge in [-0.25, -0.2) is 0 Å². The number of carbonyl (C=O) groups excluding carboxylic acids is 1. The number of fused-ring (bicyclic) bond motifs is 1. The first-order valence-corrected chi connectivity index (χ1v) is 8.24. The SMILES string of the molecule is CC1(C)CCC(C)(C)c2cc(C(=O)C3CC3(C)C)ccc21. The molecule has 0 aromatic heterocycles. The number of Topliss-reactive ketones (excluding diaryl/α,β-unsaturated/α-hetero) is 1. The second-order valence-electron chi connectivity index (χ2n) is 9.14. The summed E-state index contributed by atoms with van der Waals surface area (Å²) in [7, 11) is 0. The maximum Gasteiger partial charge on any atom is 0.166 e. The number of rotatable bonds is 2. The molecule has 1 aromatic rings. The van der Waals surface area contributed by atoms with Crippen LogP contribution in [0.1, 0.15) is 82.3 Å². The van der Waals surface area contributed by atoms with E-state index in [1.165, 1.54) is 24.0 Å². The van der Waals surface area contributed by atoms with Gasteiger partial charge in [-0.2, -0.15) is 0 Å². The van der Waals surface area contributed by atoms with E-state index in [9.17, 15) is 4.79 Å². The number of hydrogen-bond acceptors (Lipinski definition) is 1. The van der Waals surface area contributed by atoms with Crippen LogP contribution >= 0.6 is 0 Å². The van der Waals surface area contributed by atoms with Crippen molar-refractivity contribution >= 4 is 5.78 Å². The first-order valence-electron chi connectivity index (χ1n) is 8.24. The lowest BCUT2D eigenvalue weighted by molar-refractivity contribution is 0.0953. The highest BCUT2D eigenvalue weighted by Gasteiger charge is 2.50. The molecule has 0 spiro atoms. The standard InChI is InChI=1S/C20H28O/c1-18(2)9-10-19(3,4)15-11-13(7-8-14(15)18)17(21)16-12-20(16,5)6/h7-8,11,16H,9-10,12H2,1-6H3. The van der Waals surface area contributed by atoms with E-state index in [1.807, 2.05) is 0 Å². The Labute approximate surface area is 129 Å². The minimum absolute atomic E-state index is 0.181. The lowest BCUT2D eigenvalue weighted by Crippen LogP contribution is -2.34. The molecule has 1 fully saturated rings. The smallest absolute Gasteiger partial charge is 0.166 e. The molecule has 1 aromatic carbocycles. The van der Waals surface area contributed by atoms with Gasteiger partial charge in [-0.3, -0.25) is 4.79 Å². The highest BCUT2D eigenvalue weighted by atomic mass is 16.1. The van der Waals surface area contributed by atoms with Crippen LogP contribution in [-0.2, 0) is 10.8 Å². The molecule has 0 aliphatic heterocycles. The Bertz CT molecular complexity index is 604. The molecule has 2 aliphatic rings. The minimum atomic E-state index is 0.181. The molecule has 1 heteroatoms. The number of ketones is 1. The molecule has 0 heterocycles. The van der Waals surface area contributed by atoms with Crippen LogP contribution in [0.5, 0.6) is 0 Å². The van der Waals surface area contributed by atoms with Crippen molar-refractivity contribution in [3.05, 3.63) is 34.9 Å². The number of hydrogen-bond donors (Lipinski definition) is 0. The lowest BCUT2D eigenvalue weighted by Gasteiger charge is -2.42. The highest BCUT2D eigenvalue weighted by Crippen LogP contribution is 2.53. The zero-order chi connectivity index (χ0) is 15.6. The third-order valence-electron chi connectivity index (χ3n) is 5.97. The molecule has 0 N–H and O–H groups in total. The zero-order valence-electron chi connectivity index (χ0n) is 14.3. The molecule has 0 radical (unpaired) electrons. The molecular weight excluding hydrogens is 256 g/mol. The van der Waals surface area contributed by atoms with Crippen LogP contribution in [0.2, 0.25) is 0 Å². The molecule has 1 nitrogen and oxygen atoms in total. The molecule has 1 unspecified atom stereocenters. The Morgan fingerprint density at radius 2 is 1.48 bits per heavy atom. The second-order valence-corrected chi connectivity index (χ2v) is 9.14. The van der Waals surface area contributed by atoms with Gasteiger partial charge in [-0.05, 0) is 52.7 Å². The van der Waals surface area contributed by atoms with Gasteiger partial charge in [0.15, 0.2) is 5.78 Å². The van der Waals surface area contributed by atoms with Gasteiger partial charge in [0.05, 0.1) is 0 Å². The Kier molecular flexibility index (Phi) is 2.97. The van der Waals surface area contributed by atoms with Crippen molar-refractivity contribution in [2.75, 3.05) is 0 Å². The van der Waals surface area contributed by atoms with Gasteiger partial charge in [0, 0.05) is 11.5 Å². The number of carbonyl (C=O) groups is 1. The Balaban J connectivity index is 2.02. The topological polar surface area (TPSA) is 17.1 Å². The minimum Gasteiger partial charge on any atom is -0.294 e. The van der Waals surface area contributed by atoms with Gasteiger partial charge >= 0.3 is 0 Å². The Hall–Kier alpha value is -1.11. The summed E-state index contributed by atoms with van der Waals surface area (Å²) in [5, 5.41) is 0. The van der Waals surface area contributed by atoms with Crippen molar-refractivity contribution < 1.29 is 4.79 Å². The summed E-state index contributed by atoms with van der Waals surface area (Å²) >= 11 is 0. The average molecular weight is 284 g/mol. The summed E-state index contributed by atoms with van der Waals surface area (Å²) in [6.45, 7) is 13.7. The van der Waals surface area contributed by atoms with Gasteiger partial charge < -0.3 is 0 Å². The molecule has 1 atom stereocenters. The van der Waals surface area contributed by atoms with E-state index in [4.69, 9.17) is 0 Å². The summed E-state index contributed by atoms with van der Waals surface area (Å²) < 4.78 is 0. The average Bonchev–Trinajstić information content (AvgIpc) is 3.03. The third-order valence-corrected chi connectivity index (χ3v) is 5.97. The van der Waals surface area contributed by atoms with Crippen molar-refractivity contribution in [1.29, 1.82) is 0 Å². The predicted molar refractivity (Wildman–Crippen MR) is 87.9 cm³/mol. The second kappa shape index (κ2) is 4.21. The lowest BCUT2D eigenvalue weighted by atomic mass is 9.63. The van der Waals surface area contributed by atoms with E-state index in [2.05, 4.69) is 59.7 Å². The van der Waals surface area contributed by atoms with Crippen molar-refractivity contribution in [2.24, 2.45) is 11.3 Å². The number of benzene rings is 1. The first-order chi connectivity index (χ1) is 9.55. The van der Waals surface area contributed by atoms with E-state index in [0.29, 0.717) is 5.78 Å². The molecule has 0 saturated heterocycles. The summed E-state index contributed by atoms with van der Waals surface area (Å²) in [4.78, 5) is 12.7. The Morgan fingerprint density at radius 3 is 2.00 bits per heavy atom. The van der Waals surface area contributed by atoms with Crippen molar-refractivity contribution in [2.45, 2.75) is 71.6 Å². The predicted octanol–water partition coefficient (Wildman–Crippen LogP) is 5.26. The van der Waals surface area contributed by atoms with Crippen LogP contribution in [0.15, 0.2) is 18.2 Å². The van der Waals surface area contributed by atoms with Crippen LogP contribution in [0.3, 0.4) is 0 Å². The maximum absolute atomic E-state index is 12.7. The largest absolute Gasteiger partial charge is 0.294 e. The van der Waals surface area contributed by atoms with Crippen LogP contribution in [0, 0.1) is 11.3 Å².